The Kier molecular flexibility index (Phi) is 8.05. The van der Waals surface area contributed by atoms with Crippen molar-refractivity contribution in [2.45, 2.75) is 26.2 Å². The van der Waals surface area contributed by atoms with Gasteiger partial charge in [-0.2, -0.15) is 0 Å². The lowest BCUT2D eigenvalue weighted by Gasteiger charge is -2.28. The topological polar surface area (TPSA) is 51.1 Å². The molecule has 1 aliphatic rings. The standard InChI is InChI=1S/C22H26N2O3.BrH/c1-16-7-10-18(11-8-16)24(22-6-4-5-13-23-22)15-19(25)17-9-12-20(26-2)21(14-17)27-3;/h7-12,14H,4-6,13,15H2,1-3H3;1H. The first-order valence-corrected chi connectivity index (χ1v) is 9.25. The van der Waals surface area contributed by atoms with E-state index in [0.717, 1.165) is 37.3 Å². The predicted octanol–water partition coefficient (Wildman–Crippen LogP) is 4.86. The zero-order valence-corrected chi connectivity index (χ0v) is 18.3. The first kappa shape index (κ1) is 22.0. The Morgan fingerprint density at radius 1 is 1.04 bits per heavy atom. The number of halogens is 1. The van der Waals surface area contributed by atoms with Gasteiger partial charge in [0.15, 0.2) is 17.3 Å². The molecule has 6 heteroatoms. The van der Waals surface area contributed by atoms with E-state index in [1.165, 1.54) is 5.56 Å². The van der Waals surface area contributed by atoms with E-state index < -0.39 is 0 Å². The average molecular weight is 447 g/mol. The third kappa shape index (κ3) is 5.13. The van der Waals surface area contributed by atoms with Gasteiger partial charge in [0.05, 0.1) is 20.8 Å². The monoisotopic (exact) mass is 446 g/mol. The van der Waals surface area contributed by atoms with Gasteiger partial charge in [-0.05, 0) is 50.1 Å². The molecule has 0 saturated heterocycles. The van der Waals surface area contributed by atoms with Crippen molar-refractivity contribution in [2.75, 3.05) is 32.2 Å². The summed E-state index contributed by atoms with van der Waals surface area (Å²) in [6.45, 7) is 3.13. The first-order chi connectivity index (χ1) is 13.1. The van der Waals surface area contributed by atoms with Crippen LogP contribution in [0.2, 0.25) is 0 Å². The highest BCUT2D eigenvalue weighted by Gasteiger charge is 2.20. The van der Waals surface area contributed by atoms with Crippen LogP contribution in [0, 0.1) is 6.92 Å². The van der Waals surface area contributed by atoms with E-state index in [0.29, 0.717) is 17.1 Å². The van der Waals surface area contributed by atoms with Crippen LogP contribution in [0.1, 0.15) is 35.2 Å². The van der Waals surface area contributed by atoms with E-state index in [-0.39, 0.29) is 29.3 Å². The fourth-order valence-electron chi connectivity index (χ4n) is 3.20. The van der Waals surface area contributed by atoms with Crippen molar-refractivity contribution in [2.24, 2.45) is 4.99 Å². The van der Waals surface area contributed by atoms with Crippen LogP contribution in [0.15, 0.2) is 47.5 Å². The Labute approximate surface area is 177 Å². The van der Waals surface area contributed by atoms with Crippen molar-refractivity contribution < 1.29 is 14.3 Å². The number of amidine groups is 1. The van der Waals surface area contributed by atoms with Crippen molar-refractivity contribution in [3.05, 3.63) is 53.6 Å². The average Bonchev–Trinajstić information content (AvgIpc) is 2.72. The number of nitrogens with zero attached hydrogens (tertiary/aromatic N) is 2. The number of hydrogen-bond donors (Lipinski definition) is 0. The lowest BCUT2D eigenvalue weighted by molar-refractivity contribution is 0.100. The molecule has 2 aromatic carbocycles. The van der Waals surface area contributed by atoms with Crippen LogP contribution in [-0.2, 0) is 0 Å². The van der Waals surface area contributed by atoms with Crippen LogP contribution in [0.5, 0.6) is 11.5 Å². The predicted molar refractivity (Wildman–Crippen MR) is 119 cm³/mol. The molecule has 150 valence electrons. The summed E-state index contributed by atoms with van der Waals surface area (Å²) in [7, 11) is 3.15. The van der Waals surface area contributed by atoms with E-state index in [1.807, 2.05) is 17.0 Å². The minimum Gasteiger partial charge on any atom is -0.493 e. The minimum atomic E-state index is 0. The van der Waals surface area contributed by atoms with Crippen LogP contribution >= 0.6 is 17.0 Å². The Morgan fingerprint density at radius 3 is 2.36 bits per heavy atom. The normalized spacial score (nSPS) is 13.2. The largest absolute Gasteiger partial charge is 0.493 e. The van der Waals surface area contributed by atoms with Crippen LogP contribution in [0.3, 0.4) is 0 Å². The number of aliphatic imine (C=N–C) groups is 1. The molecule has 0 amide bonds. The molecular formula is C22H27BrN2O3. The summed E-state index contributed by atoms with van der Waals surface area (Å²) in [6, 6.07) is 13.5. The number of benzene rings is 2. The van der Waals surface area contributed by atoms with Crippen LogP contribution < -0.4 is 14.4 Å². The number of Topliss-reactive ketones (excluding diaryl/α,β-unsaturated/α-hetero) is 1. The molecule has 0 saturated carbocycles. The van der Waals surface area contributed by atoms with Crippen molar-refractivity contribution in [1.82, 2.24) is 0 Å². The highest BCUT2D eigenvalue weighted by atomic mass is 79.9. The number of aryl methyl sites for hydroxylation is 1. The van der Waals surface area contributed by atoms with E-state index >= 15 is 0 Å². The number of methoxy groups -OCH3 is 2. The second-order valence-corrected chi connectivity index (χ2v) is 6.67. The Hall–Kier alpha value is -2.34. The number of ketones is 1. The van der Waals surface area contributed by atoms with Gasteiger partial charge in [-0.15, -0.1) is 17.0 Å². The summed E-state index contributed by atoms with van der Waals surface area (Å²) in [5, 5.41) is 0. The molecule has 0 bridgehead atoms. The van der Waals surface area contributed by atoms with Gasteiger partial charge in [-0.25, -0.2) is 0 Å². The minimum absolute atomic E-state index is 0. The highest BCUT2D eigenvalue weighted by molar-refractivity contribution is 8.93. The molecule has 3 rings (SSSR count). The quantitative estimate of drug-likeness (QED) is 0.594. The number of rotatable bonds is 6. The fraction of sp³-hybridized carbons (Fsp3) is 0.364. The molecule has 5 nitrogen and oxygen atoms in total. The lowest BCUT2D eigenvalue weighted by atomic mass is 10.1. The molecule has 0 radical (unpaired) electrons. The van der Waals surface area contributed by atoms with E-state index in [4.69, 9.17) is 9.47 Å². The Balaban J connectivity index is 0.00000280. The summed E-state index contributed by atoms with van der Waals surface area (Å²) < 4.78 is 10.6. The molecule has 28 heavy (non-hydrogen) atoms. The van der Waals surface area contributed by atoms with Gasteiger partial charge in [-0.1, -0.05) is 17.7 Å². The number of anilines is 1. The second-order valence-electron chi connectivity index (χ2n) is 6.67. The van der Waals surface area contributed by atoms with Gasteiger partial charge in [0.2, 0.25) is 0 Å². The fourth-order valence-corrected chi connectivity index (χ4v) is 3.20. The summed E-state index contributed by atoms with van der Waals surface area (Å²) in [4.78, 5) is 19.7. The number of ether oxygens (including phenoxy) is 2. The number of hydrogen-bond acceptors (Lipinski definition) is 5. The maximum atomic E-state index is 13.0. The van der Waals surface area contributed by atoms with Gasteiger partial charge < -0.3 is 14.4 Å². The van der Waals surface area contributed by atoms with Crippen LogP contribution in [0.25, 0.3) is 0 Å². The van der Waals surface area contributed by atoms with Crippen molar-refractivity contribution in [1.29, 1.82) is 0 Å². The molecule has 1 aliphatic heterocycles. The van der Waals surface area contributed by atoms with E-state index in [2.05, 4.69) is 24.0 Å². The van der Waals surface area contributed by atoms with Crippen LogP contribution in [0.4, 0.5) is 5.69 Å². The maximum absolute atomic E-state index is 13.0. The van der Waals surface area contributed by atoms with Crippen molar-refractivity contribution in [3.63, 3.8) is 0 Å². The summed E-state index contributed by atoms with van der Waals surface area (Å²) in [5.41, 5.74) is 2.78. The van der Waals surface area contributed by atoms with Crippen LogP contribution in [-0.4, -0.2) is 38.9 Å². The summed E-state index contributed by atoms with van der Waals surface area (Å²) >= 11 is 0. The highest BCUT2D eigenvalue weighted by Crippen LogP contribution is 2.28. The van der Waals surface area contributed by atoms with E-state index in [1.54, 1.807) is 32.4 Å². The third-order valence-corrected chi connectivity index (χ3v) is 4.77. The van der Waals surface area contributed by atoms with Gasteiger partial charge in [0.1, 0.15) is 5.84 Å². The third-order valence-electron chi connectivity index (χ3n) is 4.77. The van der Waals surface area contributed by atoms with Crippen molar-refractivity contribution in [3.8, 4) is 11.5 Å². The number of carbonyl (C=O) groups excluding carboxylic acids is 1. The molecule has 0 N–H and O–H groups in total. The molecule has 0 fully saturated rings. The molecule has 0 aromatic heterocycles. The van der Waals surface area contributed by atoms with Crippen molar-refractivity contribution >= 4 is 34.3 Å². The molecule has 2 aromatic rings. The number of carbonyl (C=O) groups is 1. The SMILES string of the molecule is Br.COc1ccc(C(=O)CN(C2=NCCCC2)c2ccc(C)cc2)cc1OC. The Bertz CT molecular complexity index is 834. The second kappa shape index (κ2) is 10.3. The molecular weight excluding hydrogens is 420 g/mol. The molecule has 0 atom stereocenters. The molecule has 0 spiro atoms. The van der Waals surface area contributed by atoms with Gasteiger partial charge in [-0.3, -0.25) is 9.79 Å². The zero-order valence-electron chi connectivity index (χ0n) is 16.6. The molecule has 1 heterocycles. The van der Waals surface area contributed by atoms with Gasteiger partial charge in [0.25, 0.3) is 0 Å². The first-order valence-electron chi connectivity index (χ1n) is 9.25. The van der Waals surface area contributed by atoms with Gasteiger partial charge >= 0.3 is 0 Å². The van der Waals surface area contributed by atoms with Gasteiger partial charge in [0, 0.05) is 24.2 Å². The smallest absolute Gasteiger partial charge is 0.182 e. The van der Waals surface area contributed by atoms with E-state index in [9.17, 15) is 4.79 Å². The molecule has 0 unspecified atom stereocenters. The maximum Gasteiger partial charge on any atom is 0.182 e. The molecule has 0 aliphatic carbocycles. The Morgan fingerprint density at radius 2 is 1.75 bits per heavy atom. The summed E-state index contributed by atoms with van der Waals surface area (Å²) in [6.07, 6.45) is 3.10. The zero-order chi connectivity index (χ0) is 19.2. The summed E-state index contributed by atoms with van der Waals surface area (Å²) in [5.74, 6) is 2.17. The lowest BCUT2D eigenvalue weighted by Crippen LogP contribution is -2.37.